The molecule has 0 unspecified atom stereocenters. The van der Waals surface area contributed by atoms with Crippen molar-refractivity contribution in [1.29, 1.82) is 0 Å². The third-order valence-electron chi connectivity index (χ3n) is 4.90. The van der Waals surface area contributed by atoms with Crippen LogP contribution in [0.15, 0.2) is 84.0 Å². The molecule has 2 aromatic carbocycles. The smallest absolute Gasteiger partial charge is 0.191 e. The largest absolute Gasteiger partial charge is 0.489 e. The minimum absolute atomic E-state index is 0.540. The lowest BCUT2D eigenvalue weighted by molar-refractivity contribution is 0.306. The number of fused-ring (bicyclic) bond motifs is 1. The molecule has 0 fully saturated rings. The van der Waals surface area contributed by atoms with Crippen molar-refractivity contribution < 1.29 is 4.74 Å². The molecule has 0 aliphatic rings. The van der Waals surface area contributed by atoms with Crippen LogP contribution in [-0.2, 0) is 19.6 Å². The molecular formula is C24H26N6O. The second-order valence-corrected chi connectivity index (χ2v) is 7.07. The first-order chi connectivity index (χ1) is 15.3. The number of rotatable bonds is 8. The predicted octanol–water partition coefficient (Wildman–Crippen LogP) is 3.22. The molecule has 4 aromatic rings. The summed E-state index contributed by atoms with van der Waals surface area (Å²) in [6, 6.07) is 24.2. The Morgan fingerprint density at radius 2 is 1.71 bits per heavy atom. The van der Waals surface area contributed by atoms with Gasteiger partial charge in [-0.2, -0.15) is 0 Å². The highest BCUT2D eigenvalue weighted by atomic mass is 16.5. The minimum Gasteiger partial charge on any atom is -0.489 e. The molecule has 0 bridgehead atoms. The highest BCUT2D eigenvalue weighted by Crippen LogP contribution is 2.14. The molecule has 0 amide bonds. The monoisotopic (exact) mass is 414 g/mol. The van der Waals surface area contributed by atoms with E-state index < -0.39 is 0 Å². The molecular weight excluding hydrogens is 388 g/mol. The molecule has 158 valence electrons. The Labute approximate surface area is 181 Å². The maximum absolute atomic E-state index is 5.85. The summed E-state index contributed by atoms with van der Waals surface area (Å²) < 4.78 is 7.81. The molecule has 7 heteroatoms. The summed E-state index contributed by atoms with van der Waals surface area (Å²) in [7, 11) is 1.76. The van der Waals surface area contributed by atoms with Gasteiger partial charge in [0, 0.05) is 19.8 Å². The van der Waals surface area contributed by atoms with Crippen molar-refractivity contribution in [2.75, 3.05) is 13.6 Å². The van der Waals surface area contributed by atoms with E-state index in [0.29, 0.717) is 13.2 Å². The molecule has 0 saturated heterocycles. The van der Waals surface area contributed by atoms with Crippen LogP contribution >= 0.6 is 0 Å². The molecule has 0 spiro atoms. The number of nitrogens with zero attached hydrogens (tertiary/aromatic N) is 4. The van der Waals surface area contributed by atoms with Crippen LogP contribution in [-0.4, -0.2) is 34.2 Å². The molecule has 2 heterocycles. The highest BCUT2D eigenvalue weighted by Gasteiger charge is 2.05. The first-order valence-corrected chi connectivity index (χ1v) is 10.3. The van der Waals surface area contributed by atoms with Gasteiger partial charge in [0.2, 0.25) is 0 Å². The van der Waals surface area contributed by atoms with E-state index in [2.05, 4.69) is 50.1 Å². The van der Waals surface area contributed by atoms with Crippen LogP contribution in [0, 0.1) is 0 Å². The van der Waals surface area contributed by atoms with Gasteiger partial charge in [-0.15, -0.1) is 10.2 Å². The molecule has 2 N–H and O–H groups in total. The summed E-state index contributed by atoms with van der Waals surface area (Å²) in [5, 5.41) is 15.0. The number of hydrogen-bond donors (Lipinski definition) is 2. The first-order valence-electron chi connectivity index (χ1n) is 10.3. The summed E-state index contributed by atoms with van der Waals surface area (Å²) in [6.45, 7) is 1.88. The molecule has 0 aliphatic carbocycles. The van der Waals surface area contributed by atoms with E-state index in [1.165, 1.54) is 5.56 Å². The summed E-state index contributed by atoms with van der Waals surface area (Å²) in [4.78, 5) is 4.28. The Bertz CT molecular complexity index is 1120. The van der Waals surface area contributed by atoms with Gasteiger partial charge in [-0.25, -0.2) is 0 Å². The van der Waals surface area contributed by atoms with Crippen LogP contribution in [0.1, 0.15) is 17.0 Å². The topological polar surface area (TPSA) is 75.8 Å². The molecule has 7 nitrogen and oxygen atoms in total. The number of nitrogens with one attached hydrogen (secondary N) is 2. The number of hydrogen-bond acceptors (Lipinski definition) is 4. The SMILES string of the molecule is CN=C(NCCc1ccc(OCc2ccccc2)cc1)NCc1nnc2ccccn12. The third-order valence-corrected chi connectivity index (χ3v) is 4.90. The van der Waals surface area contributed by atoms with Crippen molar-refractivity contribution in [3.63, 3.8) is 0 Å². The Morgan fingerprint density at radius 1 is 0.903 bits per heavy atom. The number of ether oxygens (including phenoxy) is 1. The molecule has 4 rings (SSSR count). The van der Waals surface area contributed by atoms with E-state index in [4.69, 9.17) is 4.74 Å². The van der Waals surface area contributed by atoms with Crippen molar-refractivity contribution in [3.05, 3.63) is 95.9 Å². The normalized spacial score (nSPS) is 11.5. The number of benzene rings is 2. The number of aliphatic imine (C=N–C) groups is 1. The van der Waals surface area contributed by atoms with Gasteiger partial charge >= 0.3 is 0 Å². The van der Waals surface area contributed by atoms with Crippen molar-refractivity contribution in [2.24, 2.45) is 4.99 Å². The van der Waals surface area contributed by atoms with Gasteiger partial charge in [0.15, 0.2) is 17.4 Å². The number of guanidine groups is 1. The second kappa shape index (κ2) is 10.2. The summed E-state index contributed by atoms with van der Waals surface area (Å²) in [6.07, 6.45) is 2.84. The third kappa shape index (κ3) is 5.60. The molecule has 2 aromatic heterocycles. The fraction of sp³-hybridized carbons (Fsp3) is 0.208. The lowest BCUT2D eigenvalue weighted by atomic mass is 10.1. The predicted molar refractivity (Wildman–Crippen MR) is 122 cm³/mol. The lowest BCUT2D eigenvalue weighted by Crippen LogP contribution is -2.38. The van der Waals surface area contributed by atoms with Gasteiger partial charge in [-0.1, -0.05) is 48.5 Å². The Balaban J connectivity index is 1.21. The molecule has 0 atom stereocenters. The van der Waals surface area contributed by atoms with Crippen molar-refractivity contribution in [2.45, 2.75) is 19.6 Å². The maximum Gasteiger partial charge on any atom is 0.191 e. The van der Waals surface area contributed by atoms with Gasteiger partial charge in [-0.05, 0) is 41.8 Å². The van der Waals surface area contributed by atoms with Crippen LogP contribution in [0.3, 0.4) is 0 Å². The lowest BCUT2D eigenvalue weighted by Gasteiger charge is -2.12. The number of aromatic nitrogens is 3. The second-order valence-electron chi connectivity index (χ2n) is 7.07. The van der Waals surface area contributed by atoms with Gasteiger partial charge < -0.3 is 15.4 Å². The molecule has 0 aliphatic heterocycles. The van der Waals surface area contributed by atoms with Gasteiger partial charge in [0.1, 0.15) is 12.4 Å². The van der Waals surface area contributed by atoms with Crippen LogP contribution in [0.25, 0.3) is 5.65 Å². The van der Waals surface area contributed by atoms with E-state index in [1.807, 2.05) is 59.1 Å². The number of pyridine rings is 1. The van der Waals surface area contributed by atoms with Crippen LogP contribution in [0.5, 0.6) is 5.75 Å². The first kappa shape index (κ1) is 20.4. The van der Waals surface area contributed by atoms with E-state index in [0.717, 1.165) is 41.7 Å². The van der Waals surface area contributed by atoms with Crippen LogP contribution in [0.4, 0.5) is 0 Å². The zero-order valence-corrected chi connectivity index (χ0v) is 17.5. The standard InChI is InChI=1S/C24H26N6O/c1-25-24(27-17-23-29-28-22-9-5-6-16-30(22)23)26-15-14-19-10-12-21(13-11-19)31-18-20-7-3-2-4-8-20/h2-13,16H,14-15,17-18H2,1H3,(H2,25,26,27). The fourth-order valence-electron chi connectivity index (χ4n) is 3.21. The summed E-state index contributed by atoms with van der Waals surface area (Å²) >= 11 is 0. The van der Waals surface area contributed by atoms with Crippen LogP contribution in [0.2, 0.25) is 0 Å². The van der Waals surface area contributed by atoms with Crippen molar-refractivity contribution in [1.82, 2.24) is 25.2 Å². The molecule has 0 saturated carbocycles. The highest BCUT2D eigenvalue weighted by molar-refractivity contribution is 5.79. The zero-order valence-electron chi connectivity index (χ0n) is 17.5. The Kier molecular flexibility index (Phi) is 6.74. The summed E-state index contributed by atoms with van der Waals surface area (Å²) in [5.74, 6) is 2.44. The van der Waals surface area contributed by atoms with Gasteiger partial charge in [-0.3, -0.25) is 9.39 Å². The van der Waals surface area contributed by atoms with E-state index in [9.17, 15) is 0 Å². The molecule has 31 heavy (non-hydrogen) atoms. The minimum atomic E-state index is 0.540. The van der Waals surface area contributed by atoms with Crippen LogP contribution < -0.4 is 15.4 Å². The van der Waals surface area contributed by atoms with Crippen molar-refractivity contribution in [3.8, 4) is 5.75 Å². The average Bonchev–Trinajstić information content (AvgIpc) is 3.24. The van der Waals surface area contributed by atoms with E-state index in [-0.39, 0.29) is 0 Å². The van der Waals surface area contributed by atoms with Crippen molar-refractivity contribution >= 4 is 11.6 Å². The van der Waals surface area contributed by atoms with E-state index >= 15 is 0 Å². The maximum atomic E-state index is 5.85. The quantitative estimate of drug-likeness (QED) is 0.342. The average molecular weight is 415 g/mol. The zero-order chi connectivity index (χ0) is 21.3. The van der Waals surface area contributed by atoms with Gasteiger partial charge in [0.25, 0.3) is 0 Å². The Hall–Kier alpha value is -3.87. The summed E-state index contributed by atoms with van der Waals surface area (Å²) in [5.41, 5.74) is 3.23. The Morgan fingerprint density at radius 3 is 2.52 bits per heavy atom. The van der Waals surface area contributed by atoms with Gasteiger partial charge in [0.05, 0.1) is 6.54 Å². The van der Waals surface area contributed by atoms with E-state index in [1.54, 1.807) is 7.05 Å². The fourth-order valence-corrected chi connectivity index (χ4v) is 3.21. The molecule has 0 radical (unpaired) electrons.